The first-order valence-electron chi connectivity index (χ1n) is 20.0. The van der Waals surface area contributed by atoms with Crippen molar-refractivity contribution in [3.8, 4) is 0 Å². The summed E-state index contributed by atoms with van der Waals surface area (Å²) in [4.78, 5) is 37.3. The van der Waals surface area contributed by atoms with Gasteiger partial charge in [-0.3, -0.25) is 14.2 Å². The van der Waals surface area contributed by atoms with Gasteiger partial charge in [0, 0.05) is 12.8 Å². The minimum atomic E-state index is -4.62. The van der Waals surface area contributed by atoms with Crippen LogP contribution in [0.2, 0.25) is 0 Å². The Labute approximate surface area is 307 Å². The van der Waals surface area contributed by atoms with Crippen molar-refractivity contribution in [1.82, 2.24) is 0 Å². The van der Waals surface area contributed by atoms with E-state index in [2.05, 4.69) is 25.7 Å². The lowest BCUT2D eigenvalue weighted by atomic mass is 10.0. The van der Waals surface area contributed by atoms with Gasteiger partial charge in [0.25, 0.3) is 7.82 Å². The van der Waals surface area contributed by atoms with E-state index in [-0.39, 0.29) is 26.1 Å². The van der Waals surface area contributed by atoms with Gasteiger partial charge in [0.2, 0.25) is 0 Å². The molecule has 0 heterocycles. The summed E-state index contributed by atoms with van der Waals surface area (Å²) in [6.07, 6.45) is 32.4. The number of phosphoric ester groups is 1. The molecule has 0 aromatic carbocycles. The highest BCUT2D eigenvalue weighted by Crippen LogP contribution is 2.38. The van der Waals surface area contributed by atoms with E-state index < -0.39 is 32.5 Å². The number of allylic oxidation sites excluding steroid dienone is 3. The molecule has 0 aliphatic rings. The van der Waals surface area contributed by atoms with Gasteiger partial charge in [-0.1, -0.05) is 128 Å². The van der Waals surface area contributed by atoms with Crippen LogP contribution in [0.3, 0.4) is 0 Å². The summed E-state index contributed by atoms with van der Waals surface area (Å²) in [5.74, 6) is -0.848. The molecule has 0 N–H and O–H groups in total. The minimum Gasteiger partial charge on any atom is -0.756 e. The summed E-state index contributed by atoms with van der Waals surface area (Å²) < 4.78 is 33.8. The van der Waals surface area contributed by atoms with Crippen molar-refractivity contribution < 1.29 is 42.1 Å². The van der Waals surface area contributed by atoms with Crippen LogP contribution in [-0.4, -0.2) is 70.0 Å². The number of carbonyl (C=O) groups is 2. The fourth-order valence-electron chi connectivity index (χ4n) is 5.38. The maximum atomic E-state index is 12.6. The lowest BCUT2D eigenvalue weighted by Crippen LogP contribution is -2.37. The average Bonchev–Trinajstić information content (AvgIpc) is 3.06. The number of likely N-dealkylation sites (N-methyl/N-ethyl adjacent to an activating group) is 1. The van der Waals surface area contributed by atoms with E-state index in [0.717, 1.165) is 70.6 Å². The molecule has 294 valence electrons. The molecule has 1 unspecified atom stereocenters. The third kappa shape index (κ3) is 36.3. The number of nitrogens with zero attached hydrogens (tertiary/aromatic N) is 1. The second-order valence-corrected chi connectivity index (χ2v) is 16.1. The van der Waals surface area contributed by atoms with Crippen LogP contribution in [0, 0.1) is 0 Å². The van der Waals surface area contributed by atoms with E-state index in [1.807, 2.05) is 27.2 Å². The second-order valence-electron chi connectivity index (χ2n) is 14.7. The number of unbranched alkanes of at least 4 members (excludes halogenated alkanes) is 20. The van der Waals surface area contributed by atoms with E-state index in [0.29, 0.717) is 17.4 Å². The zero-order valence-corrected chi connectivity index (χ0v) is 33.6. The van der Waals surface area contributed by atoms with E-state index in [4.69, 9.17) is 18.5 Å². The number of carbonyl (C=O) groups excluding carboxylic acids is 2. The van der Waals surface area contributed by atoms with Crippen molar-refractivity contribution in [2.75, 3.05) is 47.5 Å². The van der Waals surface area contributed by atoms with E-state index in [9.17, 15) is 19.0 Å². The van der Waals surface area contributed by atoms with Crippen LogP contribution in [0.25, 0.3) is 0 Å². The van der Waals surface area contributed by atoms with Gasteiger partial charge in [-0.2, -0.15) is 0 Å². The van der Waals surface area contributed by atoms with Crippen LogP contribution in [0.4, 0.5) is 0 Å². The first-order chi connectivity index (χ1) is 24.0. The maximum absolute atomic E-state index is 12.6. The quantitative estimate of drug-likeness (QED) is 0.0204. The first-order valence-corrected chi connectivity index (χ1v) is 21.5. The third-order valence-corrected chi connectivity index (χ3v) is 9.55. The molecule has 0 saturated carbocycles. The predicted molar refractivity (Wildman–Crippen MR) is 204 cm³/mol. The van der Waals surface area contributed by atoms with E-state index in [1.165, 1.54) is 70.6 Å². The lowest BCUT2D eigenvalue weighted by Gasteiger charge is -2.28. The minimum absolute atomic E-state index is 0.0317. The number of ether oxygens (including phenoxy) is 2. The van der Waals surface area contributed by atoms with Crippen LogP contribution >= 0.6 is 7.82 Å². The summed E-state index contributed by atoms with van der Waals surface area (Å²) in [7, 11) is 1.16. The molecule has 0 bridgehead atoms. The Balaban J connectivity index is 4.39. The van der Waals surface area contributed by atoms with Crippen molar-refractivity contribution >= 4 is 19.8 Å². The Kier molecular flexibility index (Phi) is 32.3. The molecule has 0 aromatic rings. The zero-order valence-electron chi connectivity index (χ0n) is 32.7. The topological polar surface area (TPSA) is 111 Å². The van der Waals surface area contributed by atoms with Crippen LogP contribution in [-0.2, 0) is 32.7 Å². The maximum Gasteiger partial charge on any atom is 0.306 e. The summed E-state index contributed by atoms with van der Waals surface area (Å²) in [5.41, 5.74) is 0. The highest BCUT2D eigenvalue weighted by Gasteiger charge is 2.21. The first kappa shape index (κ1) is 48.5. The second kappa shape index (κ2) is 33.3. The lowest BCUT2D eigenvalue weighted by molar-refractivity contribution is -0.870. The van der Waals surface area contributed by atoms with Gasteiger partial charge in [-0.25, -0.2) is 0 Å². The third-order valence-electron chi connectivity index (χ3n) is 8.59. The number of hydrogen-bond acceptors (Lipinski definition) is 8. The normalized spacial score (nSPS) is 13.7. The smallest absolute Gasteiger partial charge is 0.306 e. The number of hydrogen-bond donors (Lipinski definition) is 0. The van der Waals surface area contributed by atoms with Crippen molar-refractivity contribution in [1.29, 1.82) is 0 Å². The Hall–Kier alpha value is -1.51. The molecular weight excluding hydrogens is 653 g/mol. The predicted octanol–water partition coefficient (Wildman–Crippen LogP) is 10.2. The van der Waals surface area contributed by atoms with Crippen LogP contribution in [0.5, 0.6) is 0 Å². The van der Waals surface area contributed by atoms with Gasteiger partial charge in [0.15, 0.2) is 6.10 Å². The highest BCUT2D eigenvalue weighted by atomic mass is 31.2. The Bertz CT molecular complexity index is 904. The SMILES string of the molecule is C=CCCCCCCCCCCCCCCCC(=O)O[C@H](COC(=O)CCCCCCC/C=C/CCCC)COP(=O)([O-])OCC[N+](C)(C)C. The summed E-state index contributed by atoms with van der Waals surface area (Å²) in [6, 6.07) is 0. The molecule has 9 nitrogen and oxygen atoms in total. The van der Waals surface area contributed by atoms with Gasteiger partial charge in [0.1, 0.15) is 19.8 Å². The molecule has 0 rings (SSSR count). The van der Waals surface area contributed by atoms with Gasteiger partial charge in [-0.05, 0) is 44.9 Å². The van der Waals surface area contributed by atoms with Gasteiger partial charge < -0.3 is 27.9 Å². The van der Waals surface area contributed by atoms with Crippen molar-refractivity contribution in [3.05, 3.63) is 24.8 Å². The zero-order chi connectivity index (χ0) is 37.2. The number of quaternary nitrogens is 1. The molecule has 0 amide bonds. The van der Waals surface area contributed by atoms with Crippen LogP contribution in [0.1, 0.15) is 167 Å². The Morgan fingerprint density at radius 1 is 0.660 bits per heavy atom. The summed E-state index contributed by atoms with van der Waals surface area (Å²) in [5, 5.41) is 0. The fourth-order valence-corrected chi connectivity index (χ4v) is 6.11. The molecule has 0 saturated heterocycles. The molecule has 0 aliphatic carbocycles. The van der Waals surface area contributed by atoms with Crippen LogP contribution in [0.15, 0.2) is 24.8 Å². The standard InChI is InChI=1S/C40H76NO8P/c1-6-8-10-12-14-16-18-19-20-21-23-25-27-29-31-33-40(43)49-38(37-48-50(44,45)47-35-34-41(3,4)5)36-46-39(42)32-30-28-26-24-22-17-15-13-11-9-7-2/h6,13,15,38H,1,7-12,14,16-37H2,2-5H3/b15-13+/t38-/m1/s1. The molecule has 0 aromatic heterocycles. The molecule has 10 heteroatoms. The largest absolute Gasteiger partial charge is 0.756 e. The average molecular weight is 730 g/mol. The van der Waals surface area contributed by atoms with Crippen LogP contribution < -0.4 is 4.89 Å². The van der Waals surface area contributed by atoms with Gasteiger partial charge in [0.05, 0.1) is 27.7 Å². The molecular formula is C40H76NO8P. The van der Waals surface area contributed by atoms with Crippen molar-refractivity contribution in [3.63, 3.8) is 0 Å². The molecule has 2 atom stereocenters. The van der Waals surface area contributed by atoms with E-state index >= 15 is 0 Å². The van der Waals surface area contributed by atoms with Gasteiger partial charge >= 0.3 is 11.9 Å². The molecule has 0 radical (unpaired) electrons. The Morgan fingerprint density at radius 3 is 1.62 bits per heavy atom. The number of esters is 2. The highest BCUT2D eigenvalue weighted by molar-refractivity contribution is 7.45. The monoisotopic (exact) mass is 730 g/mol. The molecule has 0 fully saturated rings. The fraction of sp³-hybridized carbons (Fsp3) is 0.850. The molecule has 0 spiro atoms. The van der Waals surface area contributed by atoms with Crippen molar-refractivity contribution in [2.45, 2.75) is 174 Å². The van der Waals surface area contributed by atoms with Gasteiger partial charge in [-0.15, -0.1) is 6.58 Å². The molecule has 0 aliphatic heterocycles. The van der Waals surface area contributed by atoms with E-state index in [1.54, 1.807) is 0 Å². The summed E-state index contributed by atoms with van der Waals surface area (Å²) in [6.45, 7) is 5.69. The summed E-state index contributed by atoms with van der Waals surface area (Å²) >= 11 is 0. The number of phosphoric acid groups is 1. The number of rotatable bonds is 37. The molecule has 50 heavy (non-hydrogen) atoms. The van der Waals surface area contributed by atoms with Crippen molar-refractivity contribution in [2.24, 2.45) is 0 Å². The Morgan fingerprint density at radius 2 is 1.12 bits per heavy atom.